The Hall–Kier alpha value is -2.99. The molecule has 2 aromatic heterocycles. The molecule has 2 aliphatic rings. The summed E-state index contributed by atoms with van der Waals surface area (Å²) in [6.45, 7) is 3.56. The van der Waals surface area contributed by atoms with Gasteiger partial charge in [0, 0.05) is 50.7 Å². The number of fused-ring (bicyclic) bond motifs is 1. The second kappa shape index (κ2) is 9.02. The van der Waals surface area contributed by atoms with Crippen LogP contribution in [0.5, 0.6) is 0 Å². The summed E-state index contributed by atoms with van der Waals surface area (Å²) >= 11 is 0. The minimum absolute atomic E-state index is 0.237. The fourth-order valence-corrected chi connectivity index (χ4v) is 5.13. The van der Waals surface area contributed by atoms with Gasteiger partial charge in [-0.25, -0.2) is 4.98 Å². The van der Waals surface area contributed by atoms with E-state index in [2.05, 4.69) is 20.9 Å². The van der Waals surface area contributed by atoms with Gasteiger partial charge in [-0.15, -0.1) is 0 Å². The highest BCUT2D eigenvalue weighted by Gasteiger charge is 2.37. The number of piperidine rings is 1. The summed E-state index contributed by atoms with van der Waals surface area (Å²) in [4.78, 5) is 29.8. The lowest BCUT2D eigenvalue weighted by Gasteiger charge is -2.43. The standard InChI is InChI=1S/C25H29N5O/c31-23(15-19-5-2-1-3-6-19)29-12-8-21(9-13-29)25-24-22(27-18-28-24)10-14-30(25)17-20-7-4-11-26-16-20/h1-7,11,16,18,21,25H,8-10,12-15,17H2,(H,27,28). The molecule has 3 aromatic rings. The van der Waals surface area contributed by atoms with Gasteiger partial charge < -0.3 is 9.88 Å². The molecule has 1 N–H and O–H groups in total. The largest absolute Gasteiger partial charge is 0.348 e. The predicted molar refractivity (Wildman–Crippen MR) is 119 cm³/mol. The van der Waals surface area contributed by atoms with Gasteiger partial charge in [0.05, 0.1) is 24.5 Å². The van der Waals surface area contributed by atoms with Gasteiger partial charge >= 0.3 is 0 Å². The number of pyridine rings is 1. The lowest BCUT2D eigenvalue weighted by atomic mass is 9.83. The molecule has 1 saturated heterocycles. The Morgan fingerprint density at radius 1 is 1.03 bits per heavy atom. The van der Waals surface area contributed by atoms with Gasteiger partial charge in [-0.2, -0.15) is 0 Å². The maximum atomic E-state index is 12.8. The van der Waals surface area contributed by atoms with E-state index in [1.165, 1.54) is 17.0 Å². The number of aromatic nitrogens is 3. The molecular formula is C25H29N5O. The van der Waals surface area contributed by atoms with E-state index >= 15 is 0 Å². The number of nitrogens with one attached hydrogen (secondary N) is 1. The molecule has 1 fully saturated rings. The number of carbonyl (C=O) groups excluding carboxylic acids is 1. The minimum atomic E-state index is 0.237. The molecule has 160 valence electrons. The molecule has 1 aromatic carbocycles. The van der Waals surface area contributed by atoms with Crippen molar-refractivity contribution >= 4 is 5.91 Å². The number of hydrogen-bond acceptors (Lipinski definition) is 4. The molecule has 0 bridgehead atoms. The number of H-pyrrole nitrogens is 1. The van der Waals surface area contributed by atoms with Gasteiger partial charge in [0.1, 0.15) is 0 Å². The van der Waals surface area contributed by atoms with Crippen molar-refractivity contribution in [1.82, 2.24) is 24.8 Å². The van der Waals surface area contributed by atoms with Gasteiger partial charge in [-0.1, -0.05) is 36.4 Å². The molecule has 1 amide bonds. The molecule has 1 atom stereocenters. The van der Waals surface area contributed by atoms with Crippen LogP contribution in [0.2, 0.25) is 0 Å². The van der Waals surface area contributed by atoms with Crippen LogP contribution in [0.3, 0.4) is 0 Å². The number of rotatable bonds is 5. The number of amides is 1. The van der Waals surface area contributed by atoms with E-state index in [1.807, 2.05) is 60.0 Å². The third-order valence-corrected chi connectivity index (χ3v) is 6.72. The molecule has 1 unspecified atom stereocenters. The van der Waals surface area contributed by atoms with E-state index in [1.54, 1.807) is 0 Å². The normalized spacial score (nSPS) is 19.9. The minimum Gasteiger partial charge on any atom is -0.348 e. The second-order valence-corrected chi connectivity index (χ2v) is 8.67. The average Bonchev–Trinajstić information content (AvgIpc) is 3.29. The average molecular weight is 416 g/mol. The number of aromatic amines is 1. The highest BCUT2D eigenvalue weighted by Crippen LogP contribution is 2.39. The molecule has 31 heavy (non-hydrogen) atoms. The Labute approximate surface area is 183 Å². The maximum Gasteiger partial charge on any atom is 0.226 e. The maximum absolute atomic E-state index is 12.8. The Morgan fingerprint density at radius 2 is 1.84 bits per heavy atom. The van der Waals surface area contributed by atoms with Crippen LogP contribution >= 0.6 is 0 Å². The third kappa shape index (κ3) is 4.39. The van der Waals surface area contributed by atoms with Crippen LogP contribution in [0.4, 0.5) is 0 Å². The van der Waals surface area contributed by atoms with Crippen LogP contribution in [0.1, 0.15) is 41.4 Å². The quantitative estimate of drug-likeness (QED) is 0.694. The summed E-state index contributed by atoms with van der Waals surface area (Å²) in [5.74, 6) is 0.737. The number of nitrogens with zero attached hydrogens (tertiary/aromatic N) is 4. The fraction of sp³-hybridized carbons (Fsp3) is 0.400. The van der Waals surface area contributed by atoms with Gasteiger partial charge in [0.25, 0.3) is 0 Å². The zero-order valence-electron chi connectivity index (χ0n) is 17.8. The summed E-state index contributed by atoms with van der Waals surface area (Å²) < 4.78 is 0. The number of likely N-dealkylation sites (tertiary alicyclic amines) is 1. The van der Waals surface area contributed by atoms with E-state index in [0.717, 1.165) is 51.0 Å². The molecule has 0 saturated carbocycles. The van der Waals surface area contributed by atoms with Crippen molar-refractivity contribution in [3.8, 4) is 0 Å². The summed E-state index contributed by atoms with van der Waals surface area (Å²) in [6, 6.07) is 14.5. The van der Waals surface area contributed by atoms with Crippen LogP contribution in [0.15, 0.2) is 61.2 Å². The zero-order chi connectivity index (χ0) is 21.0. The molecule has 6 nitrogen and oxygen atoms in total. The Balaban J connectivity index is 1.27. The van der Waals surface area contributed by atoms with Crippen LogP contribution in [-0.2, 0) is 24.2 Å². The molecule has 4 heterocycles. The number of hydrogen-bond donors (Lipinski definition) is 1. The molecular weight excluding hydrogens is 386 g/mol. The lowest BCUT2D eigenvalue weighted by molar-refractivity contribution is -0.132. The first-order valence-electron chi connectivity index (χ1n) is 11.2. The molecule has 6 heteroatoms. The molecule has 5 rings (SSSR count). The van der Waals surface area contributed by atoms with E-state index in [4.69, 9.17) is 4.98 Å². The zero-order valence-corrected chi connectivity index (χ0v) is 17.8. The predicted octanol–water partition coefficient (Wildman–Crippen LogP) is 3.39. The summed E-state index contributed by atoms with van der Waals surface area (Å²) in [5.41, 5.74) is 4.80. The third-order valence-electron chi connectivity index (χ3n) is 6.72. The fourth-order valence-electron chi connectivity index (χ4n) is 5.13. The number of imidazole rings is 1. The SMILES string of the molecule is O=C(Cc1ccccc1)N1CCC(C2c3nc[nH]c3CCN2Cc2cccnc2)CC1. The first kappa shape index (κ1) is 19.9. The van der Waals surface area contributed by atoms with Gasteiger partial charge in [0.2, 0.25) is 5.91 Å². The highest BCUT2D eigenvalue weighted by molar-refractivity contribution is 5.78. The molecule has 0 aliphatic carbocycles. The molecule has 2 aliphatic heterocycles. The van der Waals surface area contributed by atoms with Crippen LogP contribution < -0.4 is 0 Å². The van der Waals surface area contributed by atoms with Gasteiger partial charge in [-0.3, -0.25) is 14.7 Å². The first-order valence-corrected chi connectivity index (χ1v) is 11.2. The Kier molecular flexibility index (Phi) is 5.80. The lowest BCUT2D eigenvalue weighted by Crippen LogP contribution is -2.45. The smallest absolute Gasteiger partial charge is 0.226 e. The Morgan fingerprint density at radius 3 is 2.61 bits per heavy atom. The van der Waals surface area contributed by atoms with Crippen molar-refractivity contribution in [2.45, 2.75) is 38.3 Å². The van der Waals surface area contributed by atoms with Crippen LogP contribution in [-0.4, -0.2) is 50.3 Å². The van der Waals surface area contributed by atoms with Crippen molar-refractivity contribution in [2.24, 2.45) is 5.92 Å². The van der Waals surface area contributed by atoms with E-state index < -0.39 is 0 Å². The van der Waals surface area contributed by atoms with Gasteiger partial charge in [0.15, 0.2) is 0 Å². The first-order chi connectivity index (χ1) is 15.3. The van der Waals surface area contributed by atoms with Gasteiger partial charge in [-0.05, 0) is 36.0 Å². The summed E-state index contributed by atoms with van der Waals surface area (Å²) in [7, 11) is 0. The van der Waals surface area contributed by atoms with E-state index in [9.17, 15) is 4.79 Å². The highest BCUT2D eigenvalue weighted by atomic mass is 16.2. The monoisotopic (exact) mass is 415 g/mol. The van der Waals surface area contributed by atoms with Crippen molar-refractivity contribution in [1.29, 1.82) is 0 Å². The summed E-state index contributed by atoms with van der Waals surface area (Å²) in [6.07, 6.45) is 9.14. The van der Waals surface area contributed by atoms with Crippen LogP contribution in [0.25, 0.3) is 0 Å². The number of carbonyl (C=O) groups is 1. The molecule has 0 spiro atoms. The van der Waals surface area contributed by atoms with Crippen molar-refractivity contribution in [2.75, 3.05) is 19.6 Å². The van der Waals surface area contributed by atoms with E-state index in [-0.39, 0.29) is 5.91 Å². The second-order valence-electron chi connectivity index (χ2n) is 8.67. The molecule has 0 radical (unpaired) electrons. The topological polar surface area (TPSA) is 65.1 Å². The van der Waals surface area contributed by atoms with Crippen molar-refractivity contribution in [3.05, 3.63) is 83.7 Å². The van der Waals surface area contributed by atoms with Crippen LogP contribution in [0, 0.1) is 5.92 Å². The van der Waals surface area contributed by atoms with Crippen molar-refractivity contribution < 1.29 is 4.79 Å². The summed E-state index contributed by atoms with van der Waals surface area (Å²) in [5, 5.41) is 0. The Bertz CT molecular complexity index is 995. The van der Waals surface area contributed by atoms with E-state index in [0.29, 0.717) is 18.4 Å². The number of benzene rings is 1. The van der Waals surface area contributed by atoms with Crippen molar-refractivity contribution in [3.63, 3.8) is 0 Å².